The Hall–Kier alpha value is -2.63. The monoisotopic (exact) mass is 283 g/mol. The van der Waals surface area contributed by atoms with Crippen LogP contribution in [0.25, 0.3) is 11.5 Å². The van der Waals surface area contributed by atoms with Crippen molar-refractivity contribution in [3.63, 3.8) is 0 Å². The third kappa shape index (κ3) is 2.65. The van der Waals surface area contributed by atoms with Crippen molar-refractivity contribution in [3.05, 3.63) is 47.5 Å². The molecule has 0 atom stereocenters. The Morgan fingerprint density at radius 2 is 2.05 bits per heavy atom. The van der Waals surface area contributed by atoms with Crippen LogP contribution in [-0.2, 0) is 13.6 Å². The summed E-state index contributed by atoms with van der Waals surface area (Å²) in [6.07, 6.45) is 1.88. The molecule has 3 rings (SSSR count). The third-order valence-electron chi connectivity index (χ3n) is 3.49. The number of para-hydroxylation sites is 1. The molecular weight excluding hydrogens is 266 g/mol. The van der Waals surface area contributed by atoms with Crippen molar-refractivity contribution in [1.82, 2.24) is 19.9 Å². The molecular formula is C15H17N5O. The highest BCUT2D eigenvalue weighted by molar-refractivity contribution is 5.72. The molecule has 2 heterocycles. The molecule has 0 fully saturated rings. The average Bonchev–Trinajstić information content (AvgIpc) is 3.05. The highest BCUT2D eigenvalue weighted by Gasteiger charge is 2.11. The van der Waals surface area contributed by atoms with Crippen LogP contribution < -0.4 is 5.32 Å². The van der Waals surface area contributed by atoms with Crippen molar-refractivity contribution in [1.29, 1.82) is 0 Å². The number of aromatic nitrogens is 4. The molecule has 0 amide bonds. The summed E-state index contributed by atoms with van der Waals surface area (Å²) in [6.45, 7) is 4.56. The maximum Gasteiger partial charge on any atom is 0.260 e. The Kier molecular flexibility index (Phi) is 3.43. The second-order valence-electron chi connectivity index (χ2n) is 4.92. The predicted octanol–water partition coefficient (Wildman–Crippen LogP) is 2.70. The number of nitrogens with one attached hydrogen (secondary N) is 1. The van der Waals surface area contributed by atoms with Gasteiger partial charge in [-0.2, -0.15) is 10.1 Å². The summed E-state index contributed by atoms with van der Waals surface area (Å²) in [5.74, 6) is 1.15. The van der Waals surface area contributed by atoms with E-state index in [2.05, 4.69) is 27.5 Å². The summed E-state index contributed by atoms with van der Waals surface area (Å²) < 4.78 is 7.12. The number of anilines is 1. The van der Waals surface area contributed by atoms with Crippen LogP contribution >= 0.6 is 0 Å². The lowest BCUT2D eigenvalue weighted by Crippen LogP contribution is -2.02. The van der Waals surface area contributed by atoms with Crippen LogP contribution in [0.2, 0.25) is 0 Å². The Balaban J connectivity index is 1.84. The summed E-state index contributed by atoms with van der Waals surface area (Å²) in [5.41, 5.74) is 4.17. The molecule has 3 aromatic rings. The fraction of sp³-hybridized carbons (Fsp3) is 0.267. The van der Waals surface area contributed by atoms with Crippen molar-refractivity contribution in [2.45, 2.75) is 20.4 Å². The summed E-state index contributed by atoms with van der Waals surface area (Å²) >= 11 is 0. The zero-order valence-electron chi connectivity index (χ0n) is 12.3. The van der Waals surface area contributed by atoms with Gasteiger partial charge in [0.15, 0.2) is 5.82 Å². The molecule has 0 spiro atoms. The van der Waals surface area contributed by atoms with Gasteiger partial charge in [-0.15, -0.1) is 0 Å². The molecule has 0 aliphatic rings. The van der Waals surface area contributed by atoms with Gasteiger partial charge in [0.05, 0.1) is 11.8 Å². The van der Waals surface area contributed by atoms with E-state index in [0.717, 1.165) is 22.5 Å². The Morgan fingerprint density at radius 1 is 1.24 bits per heavy atom. The van der Waals surface area contributed by atoms with Gasteiger partial charge in [-0.25, -0.2) is 0 Å². The molecule has 0 unspecified atom stereocenters. The lowest BCUT2D eigenvalue weighted by Gasteiger charge is -2.09. The summed E-state index contributed by atoms with van der Waals surface area (Å²) in [7, 11) is 1.94. The topological polar surface area (TPSA) is 68.8 Å². The molecule has 21 heavy (non-hydrogen) atoms. The van der Waals surface area contributed by atoms with E-state index < -0.39 is 0 Å². The zero-order valence-corrected chi connectivity index (χ0v) is 12.3. The summed E-state index contributed by atoms with van der Waals surface area (Å²) in [4.78, 5) is 4.28. The van der Waals surface area contributed by atoms with E-state index in [1.165, 1.54) is 0 Å². The van der Waals surface area contributed by atoms with E-state index in [0.29, 0.717) is 18.3 Å². The Morgan fingerprint density at radius 3 is 2.71 bits per heavy atom. The normalized spacial score (nSPS) is 10.8. The number of hydrogen-bond acceptors (Lipinski definition) is 5. The largest absolute Gasteiger partial charge is 0.380 e. The molecule has 0 aliphatic carbocycles. The first kappa shape index (κ1) is 13.4. The van der Waals surface area contributed by atoms with E-state index in [1.807, 2.05) is 49.1 Å². The number of rotatable bonds is 4. The lowest BCUT2D eigenvalue weighted by molar-refractivity contribution is 0.426. The minimum absolute atomic E-state index is 0.526. The van der Waals surface area contributed by atoms with Crippen LogP contribution in [0.4, 0.5) is 5.69 Å². The van der Waals surface area contributed by atoms with Crippen LogP contribution in [0, 0.1) is 13.8 Å². The first-order chi connectivity index (χ1) is 10.1. The number of hydrogen-bond donors (Lipinski definition) is 1. The minimum Gasteiger partial charge on any atom is -0.380 e. The Bertz CT molecular complexity index is 759. The fourth-order valence-corrected chi connectivity index (χ4v) is 2.14. The average molecular weight is 283 g/mol. The number of benzene rings is 1. The van der Waals surface area contributed by atoms with Gasteiger partial charge in [0, 0.05) is 30.5 Å². The molecule has 2 aromatic heterocycles. The van der Waals surface area contributed by atoms with Gasteiger partial charge in [-0.05, 0) is 26.0 Å². The molecule has 0 radical (unpaired) electrons. The van der Waals surface area contributed by atoms with Crippen LogP contribution in [0.15, 0.2) is 35.0 Å². The standard InChI is InChI=1S/C15H17N5O/c1-10-12(9-17-20(10)3)8-16-14-7-5-4-6-13(14)15-18-11(2)19-21-15/h4-7,9,16H,8H2,1-3H3. The molecule has 0 saturated heterocycles. The highest BCUT2D eigenvalue weighted by atomic mass is 16.5. The predicted molar refractivity (Wildman–Crippen MR) is 79.7 cm³/mol. The van der Waals surface area contributed by atoms with Gasteiger partial charge in [-0.1, -0.05) is 17.3 Å². The first-order valence-corrected chi connectivity index (χ1v) is 6.76. The molecule has 1 N–H and O–H groups in total. The molecule has 6 heteroatoms. The van der Waals surface area contributed by atoms with Crippen LogP contribution in [-0.4, -0.2) is 19.9 Å². The molecule has 0 bridgehead atoms. The van der Waals surface area contributed by atoms with E-state index in [9.17, 15) is 0 Å². The minimum atomic E-state index is 0.526. The molecule has 0 saturated carbocycles. The van der Waals surface area contributed by atoms with Crippen molar-refractivity contribution in [3.8, 4) is 11.5 Å². The van der Waals surface area contributed by atoms with E-state index >= 15 is 0 Å². The van der Waals surface area contributed by atoms with E-state index in [1.54, 1.807) is 0 Å². The lowest BCUT2D eigenvalue weighted by atomic mass is 10.1. The first-order valence-electron chi connectivity index (χ1n) is 6.76. The van der Waals surface area contributed by atoms with Crippen LogP contribution in [0.1, 0.15) is 17.1 Å². The van der Waals surface area contributed by atoms with Crippen LogP contribution in [0.3, 0.4) is 0 Å². The quantitative estimate of drug-likeness (QED) is 0.797. The fourth-order valence-electron chi connectivity index (χ4n) is 2.14. The number of nitrogens with zero attached hydrogens (tertiary/aromatic N) is 4. The van der Waals surface area contributed by atoms with Crippen molar-refractivity contribution in [2.24, 2.45) is 7.05 Å². The maximum absolute atomic E-state index is 5.25. The second kappa shape index (κ2) is 5.40. The van der Waals surface area contributed by atoms with Crippen LogP contribution in [0.5, 0.6) is 0 Å². The molecule has 1 aromatic carbocycles. The molecule has 108 valence electrons. The number of aryl methyl sites for hydroxylation is 2. The maximum atomic E-state index is 5.25. The van der Waals surface area contributed by atoms with Gasteiger partial charge in [0.2, 0.25) is 0 Å². The second-order valence-corrected chi connectivity index (χ2v) is 4.92. The van der Waals surface area contributed by atoms with E-state index in [-0.39, 0.29) is 0 Å². The van der Waals surface area contributed by atoms with Gasteiger partial charge >= 0.3 is 0 Å². The summed E-state index contributed by atoms with van der Waals surface area (Å²) in [6, 6.07) is 7.90. The van der Waals surface area contributed by atoms with Crippen molar-refractivity contribution >= 4 is 5.69 Å². The van der Waals surface area contributed by atoms with Crippen molar-refractivity contribution < 1.29 is 4.52 Å². The van der Waals surface area contributed by atoms with Gasteiger partial charge in [-0.3, -0.25) is 4.68 Å². The van der Waals surface area contributed by atoms with Gasteiger partial charge in [0.25, 0.3) is 5.89 Å². The third-order valence-corrected chi connectivity index (χ3v) is 3.49. The van der Waals surface area contributed by atoms with Gasteiger partial charge < -0.3 is 9.84 Å². The molecule has 6 nitrogen and oxygen atoms in total. The van der Waals surface area contributed by atoms with E-state index in [4.69, 9.17) is 4.52 Å². The highest BCUT2D eigenvalue weighted by Crippen LogP contribution is 2.26. The Labute approximate surface area is 122 Å². The summed E-state index contributed by atoms with van der Waals surface area (Å²) in [5, 5.41) is 11.5. The zero-order chi connectivity index (χ0) is 14.8. The molecule has 0 aliphatic heterocycles. The van der Waals surface area contributed by atoms with Crippen molar-refractivity contribution in [2.75, 3.05) is 5.32 Å². The SMILES string of the molecule is Cc1noc(-c2ccccc2NCc2cnn(C)c2C)n1. The van der Waals surface area contributed by atoms with Gasteiger partial charge in [0.1, 0.15) is 0 Å². The smallest absolute Gasteiger partial charge is 0.260 e.